The van der Waals surface area contributed by atoms with Crippen molar-refractivity contribution in [1.82, 2.24) is 14.5 Å². The fourth-order valence-corrected chi connectivity index (χ4v) is 2.31. The summed E-state index contributed by atoms with van der Waals surface area (Å²) in [5.74, 6) is -0.0622. The molecule has 1 heterocycles. The molecule has 5 heteroatoms. The summed E-state index contributed by atoms with van der Waals surface area (Å²) in [6, 6.07) is 0.312. The number of hydrogen-bond donors (Lipinski definition) is 1. The fraction of sp³-hybridized carbons (Fsp3) is 0.667. The maximum absolute atomic E-state index is 11.7. The molecule has 94 valence electrons. The van der Waals surface area contributed by atoms with E-state index < -0.39 is 0 Å². The van der Waals surface area contributed by atoms with E-state index in [1.165, 1.54) is 17.4 Å². The van der Waals surface area contributed by atoms with E-state index >= 15 is 0 Å². The monoisotopic (exact) mass is 237 g/mol. The molecule has 17 heavy (non-hydrogen) atoms. The van der Waals surface area contributed by atoms with Gasteiger partial charge in [-0.1, -0.05) is 12.8 Å². The second-order valence-corrected chi connectivity index (χ2v) is 4.54. The molecule has 1 N–H and O–H groups in total. The number of carbonyl (C=O) groups excluding carboxylic acids is 1. The first-order valence-electron chi connectivity index (χ1n) is 6.25. The molecule has 0 aliphatic heterocycles. The van der Waals surface area contributed by atoms with E-state index in [1.807, 2.05) is 6.92 Å². The van der Waals surface area contributed by atoms with Gasteiger partial charge in [-0.05, 0) is 19.8 Å². The van der Waals surface area contributed by atoms with Crippen LogP contribution in [-0.4, -0.2) is 21.1 Å². The summed E-state index contributed by atoms with van der Waals surface area (Å²) < 4.78 is 3.04. The number of amides is 1. The lowest BCUT2D eigenvalue weighted by Gasteiger charge is -2.11. The Kier molecular flexibility index (Phi) is 3.66. The Hall–Kier alpha value is -1.52. The van der Waals surface area contributed by atoms with Gasteiger partial charge < -0.3 is 5.32 Å². The molecule has 0 atom stereocenters. The van der Waals surface area contributed by atoms with Crippen molar-refractivity contribution < 1.29 is 4.79 Å². The number of carbonyl (C=O) groups is 1. The molecule has 1 aromatic rings. The summed E-state index contributed by atoms with van der Waals surface area (Å²) in [6.07, 6.45) is 7.90. The number of nitrogens with zero attached hydrogens (tertiary/aromatic N) is 2. The van der Waals surface area contributed by atoms with Crippen LogP contribution in [0.3, 0.4) is 0 Å². The molecule has 1 aromatic heterocycles. The van der Waals surface area contributed by atoms with Crippen molar-refractivity contribution in [2.45, 2.75) is 51.7 Å². The molecule has 1 aliphatic carbocycles. The quantitative estimate of drug-likeness (QED) is 0.839. The molecule has 5 nitrogen and oxygen atoms in total. The third-order valence-electron chi connectivity index (χ3n) is 3.29. The van der Waals surface area contributed by atoms with E-state index in [-0.39, 0.29) is 18.1 Å². The molecule has 0 spiro atoms. The van der Waals surface area contributed by atoms with Gasteiger partial charge in [0, 0.05) is 25.0 Å². The second-order valence-electron chi connectivity index (χ2n) is 4.54. The minimum atomic E-state index is -0.117. The predicted octanol–water partition coefficient (Wildman–Crippen LogP) is 0.728. The molecule has 0 saturated heterocycles. The average molecular weight is 237 g/mol. The van der Waals surface area contributed by atoms with Gasteiger partial charge in [-0.15, -0.1) is 0 Å². The Balaban J connectivity index is 1.93. The Bertz CT molecular complexity index is 441. The first kappa shape index (κ1) is 12.0. The first-order valence-corrected chi connectivity index (χ1v) is 6.25. The van der Waals surface area contributed by atoms with Crippen LogP contribution in [0.25, 0.3) is 0 Å². The van der Waals surface area contributed by atoms with Gasteiger partial charge in [0.15, 0.2) is 0 Å². The third-order valence-corrected chi connectivity index (χ3v) is 3.29. The largest absolute Gasteiger partial charge is 0.352 e. The lowest BCUT2D eigenvalue weighted by Crippen LogP contribution is -2.37. The van der Waals surface area contributed by atoms with E-state index in [1.54, 1.807) is 17.0 Å². The van der Waals surface area contributed by atoms with Crippen molar-refractivity contribution in [3.05, 3.63) is 22.9 Å². The molecule has 0 aromatic carbocycles. The summed E-state index contributed by atoms with van der Waals surface area (Å²) >= 11 is 0. The van der Waals surface area contributed by atoms with Crippen molar-refractivity contribution in [2.24, 2.45) is 0 Å². The molecule has 2 rings (SSSR count). The zero-order valence-corrected chi connectivity index (χ0v) is 10.2. The molecule has 1 saturated carbocycles. The minimum absolute atomic E-state index is 0.0622. The molecular formula is C12H19N3O2. The molecule has 1 fully saturated rings. The van der Waals surface area contributed by atoms with Crippen molar-refractivity contribution in [1.29, 1.82) is 0 Å². The maximum atomic E-state index is 11.7. The zero-order valence-electron chi connectivity index (χ0n) is 10.2. The number of aryl methyl sites for hydroxylation is 1. The number of imidazole rings is 1. The predicted molar refractivity (Wildman–Crippen MR) is 64.8 cm³/mol. The zero-order chi connectivity index (χ0) is 12.3. The average Bonchev–Trinajstić information content (AvgIpc) is 2.90. The van der Waals surface area contributed by atoms with Crippen LogP contribution in [0.15, 0.2) is 17.2 Å². The Morgan fingerprint density at radius 1 is 1.35 bits per heavy atom. The van der Waals surface area contributed by atoms with Gasteiger partial charge in [0.1, 0.15) is 6.54 Å². The smallest absolute Gasteiger partial charge is 0.328 e. The SMILES string of the molecule is CCn1ccn(CC(=O)NC2CCCC2)c1=O. The Morgan fingerprint density at radius 3 is 2.59 bits per heavy atom. The van der Waals surface area contributed by atoms with Gasteiger partial charge in [-0.3, -0.25) is 13.9 Å². The highest BCUT2D eigenvalue weighted by atomic mass is 16.2. The summed E-state index contributed by atoms with van der Waals surface area (Å²) in [6.45, 7) is 2.67. The van der Waals surface area contributed by atoms with Crippen LogP contribution in [0.2, 0.25) is 0 Å². The highest BCUT2D eigenvalue weighted by Gasteiger charge is 2.17. The molecule has 0 unspecified atom stereocenters. The Labute approximate surface area is 100 Å². The van der Waals surface area contributed by atoms with Crippen LogP contribution >= 0.6 is 0 Å². The van der Waals surface area contributed by atoms with Crippen molar-refractivity contribution in [3.8, 4) is 0 Å². The second kappa shape index (κ2) is 5.21. The molecule has 0 radical (unpaired) electrons. The van der Waals surface area contributed by atoms with Crippen LogP contribution in [-0.2, 0) is 17.9 Å². The lowest BCUT2D eigenvalue weighted by molar-refractivity contribution is -0.122. The minimum Gasteiger partial charge on any atom is -0.352 e. The van der Waals surface area contributed by atoms with Gasteiger partial charge >= 0.3 is 5.69 Å². The molecule has 1 aliphatic rings. The van der Waals surface area contributed by atoms with Crippen molar-refractivity contribution >= 4 is 5.91 Å². The highest BCUT2D eigenvalue weighted by molar-refractivity contribution is 5.76. The number of hydrogen-bond acceptors (Lipinski definition) is 2. The number of rotatable bonds is 4. The third kappa shape index (κ3) is 2.78. The summed E-state index contributed by atoms with van der Waals surface area (Å²) in [4.78, 5) is 23.5. The van der Waals surface area contributed by atoms with Gasteiger partial charge in [-0.2, -0.15) is 0 Å². The lowest BCUT2D eigenvalue weighted by atomic mass is 10.2. The summed E-state index contributed by atoms with van der Waals surface area (Å²) in [5, 5.41) is 2.97. The van der Waals surface area contributed by atoms with Crippen molar-refractivity contribution in [2.75, 3.05) is 0 Å². The van der Waals surface area contributed by atoms with E-state index in [2.05, 4.69) is 5.32 Å². The van der Waals surface area contributed by atoms with Crippen LogP contribution in [0.1, 0.15) is 32.6 Å². The van der Waals surface area contributed by atoms with Gasteiger partial charge in [0.25, 0.3) is 0 Å². The van der Waals surface area contributed by atoms with E-state index in [0.717, 1.165) is 12.8 Å². The van der Waals surface area contributed by atoms with E-state index in [4.69, 9.17) is 0 Å². The molecular weight excluding hydrogens is 218 g/mol. The first-order chi connectivity index (χ1) is 8.20. The van der Waals surface area contributed by atoms with E-state index in [9.17, 15) is 9.59 Å². The fourth-order valence-electron chi connectivity index (χ4n) is 2.31. The van der Waals surface area contributed by atoms with Gasteiger partial charge in [-0.25, -0.2) is 4.79 Å². The molecule has 0 bridgehead atoms. The number of nitrogens with one attached hydrogen (secondary N) is 1. The van der Waals surface area contributed by atoms with Crippen LogP contribution < -0.4 is 11.0 Å². The topological polar surface area (TPSA) is 56.0 Å². The van der Waals surface area contributed by atoms with Gasteiger partial charge in [0.05, 0.1) is 0 Å². The maximum Gasteiger partial charge on any atom is 0.328 e. The van der Waals surface area contributed by atoms with E-state index in [0.29, 0.717) is 12.6 Å². The van der Waals surface area contributed by atoms with Gasteiger partial charge in [0.2, 0.25) is 5.91 Å². The van der Waals surface area contributed by atoms with Crippen LogP contribution in [0.5, 0.6) is 0 Å². The molecule has 1 amide bonds. The summed E-state index contributed by atoms with van der Waals surface area (Å²) in [5.41, 5.74) is -0.117. The normalized spacial score (nSPS) is 16.3. The van der Waals surface area contributed by atoms with Crippen molar-refractivity contribution in [3.63, 3.8) is 0 Å². The summed E-state index contributed by atoms with van der Waals surface area (Å²) in [7, 11) is 0. The standard InChI is InChI=1S/C12H19N3O2/c1-2-14-7-8-15(12(14)17)9-11(16)13-10-5-3-4-6-10/h7-8,10H,2-6,9H2,1H3,(H,13,16). The van der Waals surface area contributed by atoms with Crippen LogP contribution in [0, 0.1) is 0 Å². The Morgan fingerprint density at radius 2 is 2.00 bits per heavy atom. The van der Waals surface area contributed by atoms with Crippen LogP contribution in [0.4, 0.5) is 0 Å². The number of aromatic nitrogens is 2. The highest BCUT2D eigenvalue weighted by Crippen LogP contribution is 2.17.